The molecule has 1 aliphatic heterocycles. The van der Waals surface area contributed by atoms with Crippen molar-refractivity contribution in [2.75, 3.05) is 23.3 Å². The van der Waals surface area contributed by atoms with Crippen molar-refractivity contribution in [3.63, 3.8) is 0 Å². The van der Waals surface area contributed by atoms with Crippen LogP contribution in [0.2, 0.25) is 0 Å². The van der Waals surface area contributed by atoms with Gasteiger partial charge in [-0.05, 0) is 42.4 Å². The molecule has 0 unspecified atom stereocenters. The normalized spacial score (nSPS) is 15.9. The molecule has 4 heteroatoms. The molecule has 0 amide bonds. The van der Waals surface area contributed by atoms with Gasteiger partial charge >= 0.3 is 0 Å². The van der Waals surface area contributed by atoms with Crippen molar-refractivity contribution >= 4 is 17.5 Å². The fourth-order valence-corrected chi connectivity index (χ4v) is 3.06. The molecule has 2 aromatic rings. The predicted octanol–water partition coefficient (Wildman–Crippen LogP) is 4.58. The van der Waals surface area contributed by atoms with Gasteiger partial charge in [-0.15, -0.1) is 0 Å². The van der Waals surface area contributed by atoms with E-state index in [0.29, 0.717) is 11.9 Å². The van der Waals surface area contributed by atoms with Gasteiger partial charge in [0.15, 0.2) is 0 Å². The molecular formula is C19H26N4. The van der Waals surface area contributed by atoms with Crippen LogP contribution in [0.5, 0.6) is 0 Å². The number of piperidine rings is 1. The smallest absolute Gasteiger partial charge is 0.229 e. The minimum Gasteiger partial charge on any atom is -0.356 e. The molecule has 0 spiro atoms. The average Bonchev–Trinajstić information content (AvgIpc) is 2.56. The summed E-state index contributed by atoms with van der Waals surface area (Å²) in [5.74, 6) is 2.99. The number of nitrogens with zero attached hydrogens (tertiary/aromatic N) is 3. The lowest BCUT2D eigenvalue weighted by Crippen LogP contribution is -2.33. The number of nitrogens with one attached hydrogen (secondary N) is 1. The summed E-state index contributed by atoms with van der Waals surface area (Å²) in [6, 6.07) is 10.4. The monoisotopic (exact) mass is 310 g/mol. The van der Waals surface area contributed by atoms with E-state index in [1.54, 1.807) is 0 Å². The van der Waals surface area contributed by atoms with Crippen LogP contribution in [0.1, 0.15) is 45.1 Å². The highest BCUT2D eigenvalue weighted by atomic mass is 15.2. The van der Waals surface area contributed by atoms with Crippen LogP contribution >= 0.6 is 0 Å². The van der Waals surface area contributed by atoms with Gasteiger partial charge in [0.05, 0.1) is 0 Å². The summed E-state index contributed by atoms with van der Waals surface area (Å²) in [6.45, 7) is 8.90. The van der Waals surface area contributed by atoms with E-state index in [1.807, 2.05) is 18.3 Å². The van der Waals surface area contributed by atoms with Crippen LogP contribution in [-0.2, 0) is 0 Å². The second-order valence-electron chi connectivity index (χ2n) is 6.77. The molecule has 0 bridgehead atoms. The van der Waals surface area contributed by atoms with E-state index in [9.17, 15) is 0 Å². The fraction of sp³-hybridized carbons (Fsp3) is 0.474. The SMILES string of the molecule is CC1CCN(c2ccnc(Nc3ccccc3C(C)C)n2)CC1. The van der Waals surface area contributed by atoms with E-state index in [2.05, 4.69) is 54.2 Å². The Balaban J connectivity index is 1.78. The first-order valence-corrected chi connectivity index (χ1v) is 8.57. The van der Waals surface area contributed by atoms with Gasteiger partial charge in [0, 0.05) is 25.0 Å². The van der Waals surface area contributed by atoms with Gasteiger partial charge in [0.1, 0.15) is 5.82 Å². The summed E-state index contributed by atoms with van der Waals surface area (Å²) in [7, 11) is 0. The van der Waals surface area contributed by atoms with Crippen LogP contribution in [0, 0.1) is 5.92 Å². The topological polar surface area (TPSA) is 41.1 Å². The molecule has 1 fully saturated rings. The lowest BCUT2D eigenvalue weighted by Gasteiger charge is -2.31. The molecule has 1 N–H and O–H groups in total. The summed E-state index contributed by atoms with van der Waals surface area (Å²) >= 11 is 0. The molecular weight excluding hydrogens is 284 g/mol. The Bertz CT molecular complexity index is 645. The number of aromatic nitrogens is 2. The number of para-hydroxylation sites is 1. The lowest BCUT2D eigenvalue weighted by molar-refractivity contribution is 0.436. The van der Waals surface area contributed by atoms with E-state index < -0.39 is 0 Å². The number of anilines is 3. The Labute approximate surface area is 139 Å². The first-order valence-electron chi connectivity index (χ1n) is 8.57. The first-order chi connectivity index (χ1) is 11.1. The Morgan fingerprint density at radius 3 is 2.61 bits per heavy atom. The van der Waals surface area contributed by atoms with Crippen LogP contribution < -0.4 is 10.2 Å². The summed E-state index contributed by atoms with van der Waals surface area (Å²) in [6.07, 6.45) is 4.33. The van der Waals surface area contributed by atoms with Crippen molar-refractivity contribution in [2.45, 2.75) is 39.5 Å². The largest absolute Gasteiger partial charge is 0.356 e. The quantitative estimate of drug-likeness (QED) is 0.897. The third-order valence-electron chi connectivity index (χ3n) is 4.58. The highest BCUT2D eigenvalue weighted by Crippen LogP contribution is 2.27. The van der Waals surface area contributed by atoms with Crippen molar-refractivity contribution in [3.8, 4) is 0 Å². The molecule has 122 valence electrons. The minimum atomic E-state index is 0.463. The van der Waals surface area contributed by atoms with Crippen LogP contribution in [-0.4, -0.2) is 23.1 Å². The van der Waals surface area contributed by atoms with E-state index in [1.165, 1.54) is 18.4 Å². The Morgan fingerprint density at radius 1 is 1.13 bits per heavy atom. The van der Waals surface area contributed by atoms with Gasteiger partial charge < -0.3 is 10.2 Å². The highest BCUT2D eigenvalue weighted by Gasteiger charge is 2.17. The van der Waals surface area contributed by atoms with Crippen LogP contribution in [0.4, 0.5) is 17.5 Å². The van der Waals surface area contributed by atoms with Crippen molar-refractivity contribution in [1.29, 1.82) is 0 Å². The minimum absolute atomic E-state index is 0.463. The van der Waals surface area contributed by atoms with Crippen molar-refractivity contribution in [2.24, 2.45) is 5.92 Å². The van der Waals surface area contributed by atoms with Gasteiger partial charge in [-0.2, -0.15) is 4.98 Å². The van der Waals surface area contributed by atoms with E-state index in [4.69, 9.17) is 4.98 Å². The molecule has 23 heavy (non-hydrogen) atoms. The molecule has 1 aliphatic rings. The Morgan fingerprint density at radius 2 is 1.87 bits per heavy atom. The van der Waals surface area contributed by atoms with Gasteiger partial charge in [-0.3, -0.25) is 0 Å². The molecule has 0 radical (unpaired) electrons. The zero-order chi connectivity index (χ0) is 16.2. The molecule has 0 aliphatic carbocycles. The number of hydrogen-bond acceptors (Lipinski definition) is 4. The summed E-state index contributed by atoms with van der Waals surface area (Å²) < 4.78 is 0. The van der Waals surface area contributed by atoms with Gasteiger partial charge in [-0.1, -0.05) is 39.0 Å². The second-order valence-corrected chi connectivity index (χ2v) is 6.77. The molecule has 1 aromatic carbocycles. The maximum absolute atomic E-state index is 4.72. The van der Waals surface area contributed by atoms with Crippen molar-refractivity contribution in [3.05, 3.63) is 42.1 Å². The van der Waals surface area contributed by atoms with Crippen molar-refractivity contribution < 1.29 is 0 Å². The van der Waals surface area contributed by atoms with Crippen molar-refractivity contribution in [1.82, 2.24) is 9.97 Å². The van der Waals surface area contributed by atoms with E-state index >= 15 is 0 Å². The molecule has 2 heterocycles. The lowest BCUT2D eigenvalue weighted by atomic mass is 9.99. The van der Waals surface area contributed by atoms with E-state index in [-0.39, 0.29) is 0 Å². The Kier molecular flexibility index (Phi) is 4.79. The zero-order valence-corrected chi connectivity index (χ0v) is 14.3. The van der Waals surface area contributed by atoms with Crippen LogP contribution in [0.25, 0.3) is 0 Å². The molecule has 1 aromatic heterocycles. The Hall–Kier alpha value is -2.10. The maximum atomic E-state index is 4.72. The molecule has 0 atom stereocenters. The fourth-order valence-electron chi connectivity index (χ4n) is 3.06. The van der Waals surface area contributed by atoms with Crippen LogP contribution in [0.3, 0.4) is 0 Å². The van der Waals surface area contributed by atoms with Gasteiger partial charge in [-0.25, -0.2) is 4.98 Å². The first kappa shape index (κ1) is 15.8. The van der Waals surface area contributed by atoms with Gasteiger partial charge in [0.2, 0.25) is 5.95 Å². The number of rotatable bonds is 4. The number of hydrogen-bond donors (Lipinski definition) is 1. The second kappa shape index (κ2) is 6.99. The highest BCUT2D eigenvalue weighted by molar-refractivity contribution is 5.60. The third-order valence-corrected chi connectivity index (χ3v) is 4.58. The molecule has 1 saturated heterocycles. The van der Waals surface area contributed by atoms with Crippen LogP contribution in [0.15, 0.2) is 36.5 Å². The average molecular weight is 310 g/mol. The zero-order valence-electron chi connectivity index (χ0n) is 14.3. The maximum Gasteiger partial charge on any atom is 0.229 e. The molecule has 4 nitrogen and oxygen atoms in total. The summed E-state index contributed by atoms with van der Waals surface area (Å²) in [5, 5.41) is 3.39. The standard InChI is InChI=1S/C19H26N4/c1-14(2)16-6-4-5-7-17(16)21-19-20-11-8-18(22-19)23-12-9-15(3)10-13-23/h4-8,11,14-15H,9-10,12-13H2,1-3H3,(H,20,21,22). The van der Waals surface area contributed by atoms with E-state index in [0.717, 1.165) is 30.5 Å². The summed E-state index contributed by atoms with van der Waals surface area (Å²) in [4.78, 5) is 11.5. The molecule has 3 rings (SSSR count). The van der Waals surface area contributed by atoms with Gasteiger partial charge in [0.25, 0.3) is 0 Å². The molecule has 0 saturated carbocycles. The third kappa shape index (κ3) is 3.81. The summed E-state index contributed by atoms with van der Waals surface area (Å²) in [5.41, 5.74) is 2.38. The number of benzene rings is 1. The predicted molar refractivity (Wildman–Crippen MR) is 96.5 cm³/mol.